The van der Waals surface area contributed by atoms with Crippen molar-refractivity contribution in [1.29, 1.82) is 0 Å². The summed E-state index contributed by atoms with van der Waals surface area (Å²) < 4.78 is 9.95. The largest absolute Gasteiger partial charge is 0.497 e. The Morgan fingerprint density at radius 1 is 1.33 bits per heavy atom. The van der Waals surface area contributed by atoms with Gasteiger partial charge in [-0.2, -0.15) is 0 Å². The van der Waals surface area contributed by atoms with Crippen molar-refractivity contribution < 1.29 is 14.3 Å². The van der Waals surface area contributed by atoms with Crippen LogP contribution in [0.25, 0.3) is 6.08 Å². The standard InChI is InChI=1S/C13H17NO3.ClH/c1-16-12-6-3-11(4-7-12)5-8-13(15)17-10-2-9-14;/h3-8H,2,9-10,14H2,1H3;1H/b8-5+;. The molecule has 0 aliphatic rings. The number of nitrogens with two attached hydrogens (primary N) is 1. The van der Waals surface area contributed by atoms with Crippen LogP contribution in [-0.2, 0) is 9.53 Å². The Morgan fingerprint density at radius 2 is 2.00 bits per heavy atom. The Kier molecular flexibility index (Phi) is 8.70. The average Bonchev–Trinajstić information content (AvgIpc) is 2.37. The van der Waals surface area contributed by atoms with Gasteiger partial charge in [0.1, 0.15) is 5.75 Å². The van der Waals surface area contributed by atoms with E-state index in [2.05, 4.69) is 0 Å². The molecule has 18 heavy (non-hydrogen) atoms. The molecule has 2 N–H and O–H groups in total. The minimum atomic E-state index is -0.353. The number of carbonyl (C=O) groups excluding carboxylic acids is 1. The molecule has 0 bridgehead atoms. The maximum atomic E-state index is 11.2. The smallest absolute Gasteiger partial charge is 0.330 e. The van der Waals surface area contributed by atoms with Crippen LogP contribution in [0.15, 0.2) is 30.3 Å². The molecule has 0 radical (unpaired) electrons. The van der Waals surface area contributed by atoms with Crippen LogP contribution in [0.3, 0.4) is 0 Å². The monoisotopic (exact) mass is 271 g/mol. The molecule has 1 aromatic rings. The molecule has 0 spiro atoms. The van der Waals surface area contributed by atoms with Crippen LogP contribution in [0.2, 0.25) is 0 Å². The van der Waals surface area contributed by atoms with E-state index in [1.807, 2.05) is 24.3 Å². The number of benzene rings is 1. The summed E-state index contributed by atoms with van der Waals surface area (Å²) in [5.74, 6) is 0.432. The highest BCUT2D eigenvalue weighted by atomic mass is 35.5. The number of rotatable bonds is 6. The predicted octanol–water partition coefficient (Wildman–Crippen LogP) is 2.02. The van der Waals surface area contributed by atoms with Crippen LogP contribution in [0.4, 0.5) is 0 Å². The van der Waals surface area contributed by atoms with Crippen molar-refractivity contribution in [3.05, 3.63) is 35.9 Å². The molecule has 1 rings (SSSR count). The zero-order chi connectivity index (χ0) is 12.5. The minimum Gasteiger partial charge on any atom is -0.497 e. The third kappa shape index (κ3) is 6.27. The second kappa shape index (κ2) is 9.50. The van der Waals surface area contributed by atoms with Crippen molar-refractivity contribution in [2.45, 2.75) is 6.42 Å². The maximum absolute atomic E-state index is 11.2. The molecule has 1 aromatic carbocycles. The van der Waals surface area contributed by atoms with Gasteiger partial charge < -0.3 is 15.2 Å². The molecule has 0 saturated carbocycles. The Bertz CT molecular complexity index is 376. The Balaban J connectivity index is 0.00000289. The van der Waals surface area contributed by atoms with Crippen LogP contribution in [0, 0.1) is 0 Å². The van der Waals surface area contributed by atoms with Gasteiger partial charge in [0.05, 0.1) is 13.7 Å². The molecular formula is C13H18ClNO3. The first kappa shape index (κ1) is 16.5. The minimum absolute atomic E-state index is 0. The van der Waals surface area contributed by atoms with Gasteiger partial charge in [-0.1, -0.05) is 12.1 Å². The first-order valence-electron chi connectivity index (χ1n) is 5.45. The van der Waals surface area contributed by atoms with E-state index in [1.54, 1.807) is 13.2 Å². The Labute approximate surface area is 113 Å². The molecule has 0 amide bonds. The van der Waals surface area contributed by atoms with E-state index < -0.39 is 0 Å². The highest BCUT2D eigenvalue weighted by Crippen LogP contribution is 2.12. The van der Waals surface area contributed by atoms with Gasteiger partial charge in [0.15, 0.2) is 0 Å². The van der Waals surface area contributed by atoms with Crippen molar-refractivity contribution >= 4 is 24.5 Å². The number of esters is 1. The van der Waals surface area contributed by atoms with Crippen molar-refractivity contribution in [2.24, 2.45) is 5.73 Å². The lowest BCUT2D eigenvalue weighted by molar-refractivity contribution is -0.137. The SMILES string of the molecule is COc1ccc(/C=C/C(=O)OCCCN)cc1.Cl. The quantitative estimate of drug-likeness (QED) is 0.488. The zero-order valence-corrected chi connectivity index (χ0v) is 11.1. The Hall–Kier alpha value is -1.52. The second-order valence-electron chi connectivity index (χ2n) is 3.42. The van der Waals surface area contributed by atoms with Crippen molar-refractivity contribution in [3.63, 3.8) is 0 Å². The molecule has 5 heteroatoms. The number of methoxy groups -OCH3 is 1. The predicted molar refractivity (Wildman–Crippen MR) is 73.9 cm³/mol. The van der Waals surface area contributed by atoms with Crippen LogP contribution >= 0.6 is 12.4 Å². The zero-order valence-electron chi connectivity index (χ0n) is 10.3. The van der Waals surface area contributed by atoms with Gasteiger partial charge in [0.25, 0.3) is 0 Å². The summed E-state index contributed by atoms with van der Waals surface area (Å²) in [5, 5.41) is 0. The summed E-state index contributed by atoms with van der Waals surface area (Å²) in [6.07, 6.45) is 3.78. The van der Waals surface area contributed by atoms with E-state index >= 15 is 0 Å². The maximum Gasteiger partial charge on any atom is 0.330 e. The molecule has 0 aliphatic heterocycles. The van der Waals surface area contributed by atoms with E-state index in [9.17, 15) is 4.79 Å². The summed E-state index contributed by atoms with van der Waals surface area (Å²) in [5.41, 5.74) is 6.20. The molecular weight excluding hydrogens is 254 g/mol. The van der Waals surface area contributed by atoms with Crippen LogP contribution in [0.5, 0.6) is 5.75 Å². The number of ether oxygens (including phenoxy) is 2. The van der Waals surface area contributed by atoms with Crippen molar-refractivity contribution in [2.75, 3.05) is 20.3 Å². The summed E-state index contributed by atoms with van der Waals surface area (Å²) in [6.45, 7) is 0.887. The third-order valence-electron chi connectivity index (χ3n) is 2.12. The van der Waals surface area contributed by atoms with E-state index in [0.29, 0.717) is 19.6 Å². The molecule has 0 unspecified atom stereocenters. The number of hydrogen-bond acceptors (Lipinski definition) is 4. The third-order valence-corrected chi connectivity index (χ3v) is 2.12. The number of carbonyl (C=O) groups is 1. The van der Waals surface area contributed by atoms with Gasteiger partial charge in [-0.15, -0.1) is 12.4 Å². The van der Waals surface area contributed by atoms with Crippen molar-refractivity contribution in [1.82, 2.24) is 0 Å². The fraction of sp³-hybridized carbons (Fsp3) is 0.308. The summed E-state index contributed by atoms with van der Waals surface area (Å²) >= 11 is 0. The van der Waals surface area contributed by atoms with Crippen LogP contribution in [-0.4, -0.2) is 26.2 Å². The first-order chi connectivity index (χ1) is 8.26. The normalized spacial score (nSPS) is 9.89. The summed E-state index contributed by atoms with van der Waals surface area (Å²) in [6, 6.07) is 7.39. The number of hydrogen-bond donors (Lipinski definition) is 1. The first-order valence-corrected chi connectivity index (χ1v) is 5.45. The van der Waals surface area contributed by atoms with Gasteiger partial charge >= 0.3 is 5.97 Å². The highest BCUT2D eigenvalue weighted by molar-refractivity contribution is 5.87. The fourth-order valence-corrected chi connectivity index (χ4v) is 1.18. The molecule has 100 valence electrons. The van der Waals surface area contributed by atoms with Gasteiger partial charge in [0.2, 0.25) is 0 Å². The highest BCUT2D eigenvalue weighted by Gasteiger charge is 1.96. The average molecular weight is 272 g/mol. The molecule has 0 fully saturated rings. The molecule has 0 heterocycles. The van der Waals surface area contributed by atoms with Crippen LogP contribution in [0.1, 0.15) is 12.0 Å². The topological polar surface area (TPSA) is 61.5 Å². The molecule has 0 atom stereocenters. The molecule has 0 aliphatic carbocycles. The van der Waals surface area contributed by atoms with E-state index in [-0.39, 0.29) is 18.4 Å². The molecule has 0 aromatic heterocycles. The molecule has 4 nitrogen and oxygen atoms in total. The lowest BCUT2D eigenvalue weighted by Gasteiger charge is -2.00. The van der Waals surface area contributed by atoms with Crippen molar-refractivity contribution in [3.8, 4) is 5.75 Å². The van der Waals surface area contributed by atoms with E-state index in [4.69, 9.17) is 15.2 Å². The lowest BCUT2D eigenvalue weighted by Crippen LogP contribution is -2.07. The van der Waals surface area contributed by atoms with Crippen LogP contribution < -0.4 is 10.5 Å². The summed E-state index contributed by atoms with van der Waals surface area (Å²) in [4.78, 5) is 11.2. The number of halogens is 1. The van der Waals surface area contributed by atoms with E-state index in [1.165, 1.54) is 6.08 Å². The fourth-order valence-electron chi connectivity index (χ4n) is 1.18. The summed E-state index contributed by atoms with van der Waals surface area (Å²) in [7, 11) is 1.61. The Morgan fingerprint density at radius 3 is 2.56 bits per heavy atom. The van der Waals surface area contributed by atoms with Gasteiger partial charge in [-0.05, 0) is 36.7 Å². The second-order valence-corrected chi connectivity index (χ2v) is 3.42. The van der Waals surface area contributed by atoms with Gasteiger partial charge in [-0.3, -0.25) is 0 Å². The molecule has 0 saturated heterocycles. The van der Waals surface area contributed by atoms with E-state index in [0.717, 1.165) is 11.3 Å². The van der Waals surface area contributed by atoms with Gasteiger partial charge in [-0.25, -0.2) is 4.79 Å². The van der Waals surface area contributed by atoms with Gasteiger partial charge in [0, 0.05) is 6.08 Å². The lowest BCUT2D eigenvalue weighted by atomic mass is 10.2.